The Morgan fingerprint density at radius 2 is 1.86 bits per heavy atom. The number of carbonyl (C=O) groups excluding carboxylic acids is 1. The highest BCUT2D eigenvalue weighted by molar-refractivity contribution is 7.90. The summed E-state index contributed by atoms with van der Waals surface area (Å²) in [7, 11) is -2.95. The van der Waals surface area contributed by atoms with E-state index in [1.54, 1.807) is 0 Å². The normalized spacial score (nSPS) is 19.8. The first-order chi connectivity index (χ1) is 13.3. The van der Waals surface area contributed by atoms with Crippen molar-refractivity contribution in [3.8, 4) is 0 Å². The minimum atomic E-state index is -2.95. The molecule has 0 spiro atoms. The Hall–Kier alpha value is -2.68. The van der Waals surface area contributed by atoms with Crippen molar-refractivity contribution in [1.82, 2.24) is 9.97 Å². The molecule has 1 saturated carbocycles. The molecule has 8 nitrogen and oxygen atoms in total. The van der Waals surface area contributed by atoms with Gasteiger partial charge in [-0.05, 0) is 43.7 Å². The van der Waals surface area contributed by atoms with Crippen LogP contribution in [-0.2, 0) is 9.84 Å². The Morgan fingerprint density at radius 3 is 2.46 bits per heavy atom. The van der Waals surface area contributed by atoms with Gasteiger partial charge >= 0.3 is 0 Å². The molecule has 2 aromatic rings. The van der Waals surface area contributed by atoms with E-state index in [-0.39, 0.29) is 23.3 Å². The van der Waals surface area contributed by atoms with Gasteiger partial charge in [0.1, 0.15) is 21.2 Å². The summed E-state index contributed by atoms with van der Waals surface area (Å²) >= 11 is 0. The van der Waals surface area contributed by atoms with Crippen molar-refractivity contribution in [2.45, 2.75) is 31.7 Å². The third-order valence-corrected chi connectivity index (χ3v) is 5.89. The number of hydrogen-bond acceptors (Lipinski definition) is 7. The van der Waals surface area contributed by atoms with E-state index in [1.165, 1.54) is 12.5 Å². The second-order valence-corrected chi connectivity index (χ2v) is 9.45. The molecule has 150 valence electrons. The number of rotatable bonds is 7. The fourth-order valence-corrected chi connectivity index (χ4v) is 4.66. The van der Waals surface area contributed by atoms with Crippen molar-refractivity contribution in [3.05, 3.63) is 42.1 Å². The van der Waals surface area contributed by atoms with Crippen LogP contribution in [0.5, 0.6) is 0 Å². The molecule has 1 fully saturated rings. The second kappa shape index (κ2) is 8.55. The number of primary amides is 1. The molecule has 1 heterocycles. The van der Waals surface area contributed by atoms with Crippen LogP contribution in [0, 0.1) is 5.92 Å². The average Bonchev–Trinajstić information content (AvgIpc) is 2.63. The third-order valence-electron chi connectivity index (χ3n) is 4.81. The number of para-hydroxylation sites is 1. The van der Waals surface area contributed by atoms with Crippen molar-refractivity contribution in [2.75, 3.05) is 22.6 Å². The van der Waals surface area contributed by atoms with Crippen molar-refractivity contribution < 1.29 is 13.2 Å². The molecule has 1 aromatic heterocycles. The number of sulfone groups is 1. The smallest absolute Gasteiger partial charge is 0.254 e. The van der Waals surface area contributed by atoms with Crippen LogP contribution >= 0.6 is 0 Å². The predicted molar refractivity (Wildman–Crippen MR) is 109 cm³/mol. The first kappa shape index (κ1) is 20.1. The lowest BCUT2D eigenvalue weighted by atomic mass is 9.87. The van der Waals surface area contributed by atoms with E-state index in [2.05, 4.69) is 20.6 Å². The Bertz CT molecular complexity index is 926. The number of carbonyl (C=O) groups is 1. The first-order valence-electron chi connectivity index (χ1n) is 9.23. The second-order valence-electron chi connectivity index (χ2n) is 7.27. The van der Waals surface area contributed by atoms with Gasteiger partial charge in [-0.15, -0.1) is 0 Å². The molecule has 0 aliphatic heterocycles. The number of benzene rings is 1. The molecule has 0 bridgehead atoms. The highest BCUT2D eigenvalue weighted by atomic mass is 32.2. The highest BCUT2D eigenvalue weighted by Gasteiger charge is 2.24. The molecule has 0 saturated heterocycles. The summed E-state index contributed by atoms with van der Waals surface area (Å²) in [5.41, 5.74) is 6.44. The average molecular weight is 404 g/mol. The summed E-state index contributed by atoms with van der Waals surface area (Å²) < 4.78 is 22.9. The maximum absolute atomic E-state index is 11.7. The van der Waals surface area contributed by atoms with Crippen molar-refractivity contribution in [2.24, 2.45) is 11.7 Å². The van der Waals surface area contributed by atoms with Gasteiger partial charge < -0.3 is 16.4 Å². The summed E-state index contributed by atoms with van der Waals surface area (Å²) in [5, 5.41) is 6.40. The molecular weight excluding hydrogens is 378 g/mol. The maximum Gasteiger partial charge on any atom is 0.254 e. The number of hydrogen-bond donors (Lipinski definition) is 3. The Labute approximate surface area is 164 Å². The quantitative estimate of drug-likeness (QED) is 0.647. The molecule has 1 aromatic carbocycles. The topological polar surface area (TPSA) is 127 Å². The van der Waals surface area contributed by atoms with Gasteiger partial charge in [-0.3, -0.25) is 4.79 Å². The minimum absolute atomic E-state index is 0.166. The molecule has 9 heteroatoms. The molecule has 4 N–H and O–H groups in total. The molecule has 0 atom stereocenters. The number of anilines is 3. The molecule has 1 amide bonds. The van der Waals surface area contributed by atoms with Gasteiger partial charge in [0.05, 0.1) is 5.75 Å². The van der Waals surface area contributed by atoms with Crippen molar-refractivity contribution in [1.29, 1.82) is 0 Å². The van der Waals surface area contributed by atoms with Crippen LogP contribution in [0.4, 0.5) is 17.5 Å². The van der Waals surface area contributed by atoms with E-state index in [1.807, 2.05) is 30.3 Å². The van der Waals surface area contributed by atoms with Gasteiger partial charge in [-0.25, -0.2) is 13.4 Å². The fourth-order valence-electron chi connectivity index (χ4n) is 3.47. The molecule has 0 radical (unpaired) electrons. The zero-order valence-electron chi connectivity index (χ0n) is 15.8. The van der Waals surface area contributed by atoms with Gasteiger partial charge in [0, 0.05) is 24.2 Å². The van der Waals surface area contributed by atoms with E-state index in [0.29, 0.717) is 11.8 Å². The molecular formula is C19H25N5O3S. The number of nitrogens with two attached hydrogens (primary N) is 1. The van der Waals surface area contributed by atoms with Gasteiger partial charge in [-0.2, -0.15) is 4.98 Å². The monoisotopic (exact) mass is 403 g/mol. The number of nitrogens with zero attached hydrogens (tertiary/aromatic N) is 2. The van der Waals surface area contributed by atoms with Gasteiger partial charge in [-0.1, -0.05) is 18.2 Å². The molecule has 1 aliphatic carbocycles. The zero-order chi connectivity index (χ0) is 20.1. The zero-order valence-corrected chi connectivity index (χ0v) is 16.6. The highest BCUT2D eigenvalue weighted by Crippen LogP contribution is 2.27. The minimum Gasteiger partial charge on any atom is -0.365 e. The molecule has 0 unspecified atom stereocenters. The van der Waals surface area contributed by atoms with Crippen LogP contribution in [0.2, 0.25) is 0 Å². The number of amides is 1. The van der Waals surface area contributed by atoms with E-state index >= 15 is 0 Å². The predicted octanol–water partition coefficient (Wildman–Crippen LogP) is 2.33. The van der Waals surface area contributed by atoms with Crippen LogP contribution in [0.25, 0.3) is 0 Å². The molecule has 3 rings (SSSR count). The van der Waals surface area contributed by atoms with Gasteiger partial charge in [0.2, 0.25) is 5.95 Å². The largest absolute Gasteiger partial charge is 0.365 e. The first-order valence-corrected chi connectivity index (χ1v) is 11.3. The summed E-state index contributed by atoms with van der Waals surface area (Å²) in [6.45, 7) is 0. The van der Waals surface area contributed by atoms with E-state index in [4.69, 9.17) is 5.73 Å². The van der Waals surface area contributed by atoms with Crippen LogP contribution in [0.15, 0.2) is 36.5 Å². The van der Waals surface area contributed by atoms with Gasteiger partial charge in [0.25, 0.3) is 5.91 Å². The number of aromatic nitrogens is 2. The standard InChI is InChI=1S/C19H25N5O3S/c1-28(26,27)12-13-7-9-15(10-8-13)23-19-21-11-16(17(20)25)18(24-19)22-14-5-3-2-4-6-14/h2-6,11,13,15H,7-10,12H2,1H3,(H2,20,25)(H2,21,22,23,24). The van der Waals surface area contributed by atoms with Crippen LogP contribution in [-0.4, -0.2) is 42.3 Å². The maximum atomic E-state index is 11.7. The summed E-state index contributed by atoms with van der Waals surface area (Å²) in [6.07, 6.45) is 6.09. The SMILES string of the molecule is CS(=O)(=O)CC1CCC(Nc2ncc(C(N)=O)c(Nc3ccccc3)n2)CC1. The lowest BCUT2D eigenvalue weighted by molar-refractivity contribution is 0.100. The van der Waals surface area contributed by atoms with Crippen molar-refractivity contribution >= 4 is 33.2 Å². The summed E-state index contributed by atoms with van der Waals surface area (Å²) in [5.74, 6) is 0.610. The summed E-state index contributed by atoms with van der Waals surface area (Å²) in [6, 6.07) is 9.54. The Kier molecular flexibility index (Phi) is 6.13. The van der Waals surface area contributed by atoms with Crippen molar-refractivity contribution in [3.63, 3.8) is 0 Å². The fraction of sp³-hybridized carbons (Fsp3) is 0.421. The number of nitrogens with one attached hydrogen (secondary N) is 2. The van der Waals surface area contributed by atoms with E-state index < -0.39 is 15.7 Å². The third kappa shape index (κ3) is 5.66. The molecule has 28 heavy (non-hydrogen) atoms. The lowest BCUT2D eigenvalue weighted by Crippen LogP contribution is -2.29. The Balaban J connectivity index is 1.68. The molecule has 1 aliphatic rings. The van der Waals surface area contributed by atoms with E-state index in [9.17, 15) is 13.2 Å². The van der Waals surface area contributed by atoms with Crippen LogP contribution in [0.1, 0.15) is 36.0 Å². The Morgan fingerprint density at radius 1 is 1.18 bits per heavy atom. The van der Waals surface area contributed by atoms with E-state index in [0.717, 1.165) is 31.4 Å². The van der Waals surface area contributed by atoms with Gasteiger partial charge in [0.15, 0.2) is 0 Å². The van der Waals surface area contributed by atoms with Crippen LogP contribution in [0.3, 0.4) is 0 Å². The lowest BCUT2D eigenvalue weighted by Gasteiger charge is -2.28. The van der Waals surface area contributed by atoms with Crippen LogP contribution < -0.4 is 16.4 Å². The summed E-state index contributed by atoms with van der Waals surface area (Å²) in [4.78, 5) is 20.3.